The minimum absolute atomic E-state index is 0.481. The lowest BCUT2D eigenvalue weighted by atomic mass is 10.3. The molecule has 0 fully saturated rings. The summed E-state index contributed by atoms with van der Waals surface area (Å²) in [5.74, 6) is 2.11. The van der Waals surface area contributed by atoms with Crippen LogP contribution in [-0.2, 0) is 10.8 Å². The Morgan fingerprint density at radius 1 is 1.38 bits per heavy atom. The Kier molecular flexibility index (Phi) is 5.15. The Balaban J connectivity index is 2.57. The standard InChI is InChI=1S/C10H16ClN3OS/c1-7-9(11)13-8(2)14-10(7)12-5-4-6-16(3)15/h4-6H2,1-3H3,(H,12,13,14). The summed E-state index contributed by atoms with van der Waals surface area (Å²) < 4.78 is 10.9. The van der Waals surface area contributed by atoms with Crippen LogP contribution >= 0.6 is 11.6 Å². The maximum Gasteiger partial charge on any atom is 0.137 e. The highest BCUT2D eigenvalue weighted by molar-refractivity contribution is 7.84. The van der Waals surface area contributed by atoms with E-state index in [4.69, 9.17) is 11.6 Å². The normalized spacial score (nSPS) is 12.5. The van der Waals surface area contributed by atoms with E-state index in [9.17, 15) is 4.21 Å². The number of rotatable bonds is 5. The Morgan fingerprint density at radius 2 is 2.06 bits per heavy atom. The lowest BCUT2D eigenvalue weighted by Crippen LogP contribution is -2.09. The van der Waals surface area contributed by atoms with Gasteiger partial charge in [0.25, 0.3) is 0 Å². The molecule has 1 atom stereocenters. The highest BCUT2D eigenvalue weighted by atomic mass is 35.5. The van der Waals surface area contributed by atoms with Crippen molar-refractivity contribution < 1.29 is 4.21 Å². The van der Waals surface area contributed by atoms with Crippen molar-refractivity contribution in [1.82, 2.24) is 9.97 Å². The number of aromatic nitrogens is 2. The van der Waals surface area contributed by atoms with E-state index in [1.54, 1.807) is 13.2 Å². The highest BCUT2D eigenvalue weighted by Gasteiger charge is 2.06. The molecule has 0 spiro atoms. The van der Waals surface area contributed by atoms with Crippen LogP contribution in [0.5, 0.6) is 0 Å². The third-order valence-corrected chi connectivity index (χ3v) is 3.33. The fraction of sp³-hybridized carbons (Fsp3) is 0.600. The number of nitrogens with zero attached hydrogens (tertiary/aromatic N) is 2. The Bertz CT molecular complexity index is 398. The molecule has 1 rings (SSSR count). The monoisotopic (exact) mass is 261 g/mol. The van der Waals surface area contributed by atoms with Gasteiger partial charge in [-0.05, 0) is 20.3 Å². The summed E-state index contributed by atoms with van der Waals surface area (Å²) in [6.45, 7) is 4.42. The maximum atomic E-state index is 10.9. The van der Waals surface area contributed by atoms with Gasteiger partial charge in [-0.3, -0.25) is 4.21 Å². The summed E-state index contributed by atoms with van der Waals surface area (Å²) in [7, 11) is -0.736. The summed E-state index contributed by atoms with van der Waals surface area (Å²) in [5.41, 5.74) is 0.852. The molecule has 0 aliphatic carbocycles. The first-order valence-corrected chi connectivity index (χ1v) is 7.16. The van der Waals surface area contributed by atoms with E-state index in [-0.39, 0.29) is 0 Å². The summed E-state index contributed by atoms with van der Waals surface area (Å²) in [5, 5.41) is 3.66. The first-order valence-electron chi connectivity index (χ1n) is 5.05. The predicted octanol–water partition coefficient (Wildman–Crippen LogP) is 1.93. The van der Waals surface area contributed by atoms with Gasteiger partial charge in [0.05, 0.1) is 0 Å². The van der Waals surface area contributed by atoms with Gasteiger partial charge in [0.15, 0.2) is 0 Å². The van der Waals surface area contributed by atoms with Crippen LogP contribution in [0.3, 0.4) is 0 Å². The fourth-order valence-electron chi connectivity index (χ4n) is 1.25. The van der Waals surface area contributed by atoms with Gasteiger partial charge in [0.1, 0.15) is 16.8 Å². The van der Waals surface area contributed by atoms with Crippen LogP contribution in [0.1, 0.15) is 17.8 Å². The summed E-state index contributed by atoms with van der Waals surface area (Å²) in [6.07, 6.45) is 2.56. The average Bonchev–Trinajstić information content (AvgIpc) is 2.19. The van der Waals surface area contributed by atoms with Crippen molar-refractivity contribution in [2.75, 3.05) is 23.9 Å². The zero-order chi connectivity index (χ0) is 12.1. The molecule has 0 saturated carbocycles. The van der Waals surface area contributed by atoms with Crippen LogP contribution in [0.15, 0.2) is 0 Å². The number of halogens is 1. The van der Waals surface area contributed by atoms with Gasteiger partial charge in [-0.2, -0.15) is 0 Å². The Labute approximate surface area is 103 Å². The molecule has 0 aliphatic heterocycles. The van der Waals surface area contributed by atoms with Crippen LogP contribution in [-0.4, -0.2) is 32.7 Å². The van der Waals surface area contributed by atoms with E-state index in [0.29, 0.717) is 16.7 Å². The molecular formula is C10H16ClN3OS. The van der Waals surface area contributed by atoms with Gasteiger partial charge in [0.2, 0.25) is 0 Å². The first-order chi connectivity index (χ1) is 7.50. The van der Waals surface area contributed by atoms with Crippen molar-refractivity contribution in [3.63, 3.8) is 0 Å². The topological polar surface area (TPSA) is 54.9 Å². The molecule has 1 aromatic rings. The van der Waals surface area contributed by atoms with Crippen molar-refractivity contribution in [3.05, 3.63) is 16.5 Å². The summed E-state index contributed by atoms with van der Waals surface area (Å²) in [4.78, 5) is 8.32. The lowest BCUT2D eigenvalue weighted by Gasteiger charge is -2.09. The van der Waals surface area contributed by atoms with Gasteiger partial charge in [-0.1, -0.05) is 11.6 Å². The molecule has 0 radical (unpaired) electrons. The van der Waals surface area contributed by atoms with Crippen molar-refractivity contribution in [3.8, 4) is 0 Å². The largest absolute Gasteiger partial charge is 0.370 e. The van der Waals surface area contributed by atoms with E-state index in [1.165, 1.54) is 0 Å². The molecule has 1 N–H and O–H groups in total. The fourth-order valence-corrected chi connectivity index (χ4v) is 2.01. The second-order valence-electron chi connectivity index (χ2n) is 3.59. The second-order valence-corrected chi connectivity index (χ2v) is 5.51. The van der Waals surface area contributed by atoms with Crippen molar-refractivity contribution in [1.29, 1.82) is 0 Å². The molecular weight excluding hydrogens is 246 g/mol. The number of hydrogen-bond acceptors (Lipinski definition) is 4. The van der Waals surface area contributed by atoms with Crippen LogP contribution in [0, 0.1) is 13.8 Å². The molecule has 0 aromatic carbocycles. The average molecular weight is 262 g/mol. The minimum Gasteiger partial charge on any atom is -0.370 e. The molecule has 0 amide bonds. The highest BCUT2D eigenvalue weighted by Crippen LogP contribution is 2.19. The predicted molar refractivity (Wildman–Crippen MR) is 68.6 cm³/mol. The molecule has 1 heterocycles. The molecule has 6 heteroatoms. The van der Waals surface area contributed by atoms with Crippen molar-refractivity contribution in [2.24, 2.45) is 0 Å². The molecule has 16 heavy (non-hydrogen) atoms. The van der Waals surface area contributed by atoms with E-state index in [2.05, 4.69) is 15.3 Å². The smallest absolute Gasteiger partial charge is 0.137 e. The van der Waals surface area contributed by atoms with Crippen LogP contribution in [0.25, 0.3) is 0 Å². The van der Waals surface area contributed by atoms with E-state index < -0.39 is 10.8 Å². The molecule has 1 unspecified atom stereocenters. The van der Waals surface area contributed by atoms with Crippen LogP contribution in [0.4, 0.5) is 5.82 Å². The van der Waals surface area contributed by atoms with Gasteiger partial charge in [-0.15, -0.1) is 0 Å². The van der Waals surface area contributed by atoms with Gasteiger partial charge < -0.3 is 5.32 Å². The Hall–Kier alpha value is -0.680. The third-order valence-electron chi connectivity index (χ3n) is 2.10. The van der Waals surface area contributed by atoms with Gasteiger partial charge >= 0.3 is 0 Å². The lowest BCUT2D eigenvalue weighted by molar-refractivity contribution is 0.685. The quantitative estimate of drug-likeness (QED) is 0.650. The molecule has 1 aromatic heterocycles. The summed E-state index contributed by atoms with van der Waals surface area (Å²) >= 11 is 5.94. The van der Waals surface area contributed by atoms with Crippen LogP contribution in [0.2, 0.25) is 5.15 Å². The zero-order valence-electron chi connectivity index (χ0n) is 9.71. The Morgan fingerprint density at radius 3 is 2.69 bits per heavy atom. The van der Waals surface area contributed by atoms with Crippen LogP contribution < -0.4 is 5.32 Å². The van der Waals surface area contributed by atoms with Crippen molar-refractivity contribution in [2.45, 2.75) is 20.3 Å². The summed E-state index contributed by atoms with van der Waals surface area (Å²) in [6, 6.07) is 0. The SMILES string of the molecule is Cc1nc(Cl)c(C)c(NCCCS(C)=O)n1. The second kappa shape index (κ2) is 6.15. The molecule has 0 bridgehead atoms. The number of aryl methyl sites for hydroxylation is 1. The van der Waals surface area contributed by atoms with Crippen molar-refractivity contribution >= 4 is 28.2 Å². The van der Waals surface area contributed by atoms with E-state index in [0.717, 1.165) is 24.3 Å². The van der Waals surface area contributed by atoms with Gasteiger partial charge in [-0.25, -0.2) is 9.97 Å². The minimum atomic E-state index is -0.736. The van der Waals surface area contributed by atoms with E-state index >= 15 is 0 Å². The van der Waals surface area contributed by atoms with E-state index in [1.807, 2.05) is 6.92 Å². The maximum absolute atomic E-state index is 10.9. The number of nitrogens with one attached hydrogen (secondary N) is 1. The van der Waals surface area contributed by atoms with Gasteiger partial charge in [0, 0.05) is 34.9 Å². The third kappa shape index (κ3) is 4.06. The molecule has 0 aliphatic rings. The molecule has 90 valence electrons. The molecule has 4 nitrogen and oxygen atoms in total. The number of anilines is 1. The number of hydrogen-bond donors (Lipinski definition) is 1. The molecule has 0 saturated heterocycles. The first kappa shape index (κ1) is 13.4. The zero-order valence-corrected chi connectivity index (χ0v) is 11.3.